The third-order valence-corrected chi connectivity index (χ3v) is 3.21. The standard InChI is InChI=1S/C16H18N2O3/c1-21-14-9-7-13(8-10-14)15(16(19)20)18(17)11-12-5-3-2-4-6-12/h2-10,15H,11,17H2,1H3,(H,19,20). The molecule has 0 bridgehead atoms. The zero-order valence-electron chi connectivity index (χ0n) is 11.8. The molecule has 0 saturated heterocycles. The van der Waals surface area contributed by atoms with E-state index in [1.165, 1.54) is 5.01 Å². The monoisotopic (exact) mass is 286 g/mol. The van der Waals surface area contributed by atoms with Gasteiger partial charge in [0.25, 0.3) is 0 Å². The molecule has 0 radical (unpaired) electrons. The van der Waals surface area contributed by atoms with Crippen molar-refractivity contribution in [3.8, 4) is 5.75 Å². The Bertz CT molecular complexity index is 584. The van der Waals surface area contributed by atoms with Gasteiger partial charge >= 0.3 is 5.97 Å². The Kier molecular flexibility index (Phi) is 4.92. The first-order chi connectivity index (χ1) is 10.1. The average Bonchev–Trinajstić information content (AvgIpc) is 2.49. The molecule has 1 atom stereocenters. The van der Waals surface area contributed by atoms with Crippen LogP contribution in [0.15, 0.2) is 54.6 Å². The number of benzene rings is 2. The predicted octanol–water partition coefficient (Wildman–Crippen LogP) is 2.20. The van der Waals surface area contributed by atoms with Gasteiger partial charge in [-0.3, -0.25) is 10.6 Å². The van der Waals surface area contributed by atoms with Gasteiger partial charge < -0.3 is 9.84 Å². The van der Waals surface area contributed by atoms with Crippen LogP contribution >= 0.6 is 0 Å². The third kappa shape index (κ3) is 3.81. The molecule has 2 rings (SSSR count). The van der Waals surface area contributed by atoms with Gasteiger partial charge in [-0.2, -0.15) is 0 Å². The van der Waals surface area contributed by atoms with Crippen LogP contribution in [0.5, 0.6) is 5.75 Å². The molecule has 0 spiro atoms. The third-order valence-electron chi connectivity index (χ3n) is 3.21. The van der Waals surface area contributed by atoms with Crippen LogP contribution in [0, 0.1) is 0 Å². The molecule has 0 aliphatic heterocycles. The van der Waals surface area contributed by atoms with Crippen LogP contribution in [-0.4, -0.2) is 23.2 Å². The Balaban J connectivity index is 2.19. The SMILES string of the molecule is COc1ccc(C(C(=O)O)N(N)Cc2ccccc2)cc1. The number of carbonyl (C=O) groups is 1. The van der Waals surface area contributed by atoms with Crippen molar-refractivity contribution < 1.29 is 14.6 Å². The summed E-state index contributed by atoms with van der Waals surface area (Å²) in [4.78, 5) is 11.5. The Morgan fingerprint density at radius 2 is 1.81 bits per heavy atom. The van der Waals surface area contributed by atoms with E-state index in [2.05, 4.69) is 0 Å². The second-order valence-electron chi connectivity index (χ2n) is 4.67. The lowest BCUT2D eigenvalue weighted by atomic mass is 10.1. The lowest BCUT2D eigenvalue weighted by Crippen LogP contribution is -2.39. The fourth-order valence-corrected chi connectivity index (χ4v) is 2.15. The van der Waals surface area contributed by atoms with Gasteiger partial charge in [0.15, 0.2) is 0 Å². The smallest absolute Gasteiger partial charge is 0.326 e. The maximum absolute atomic E-state index is 11.5. The van der Waals surface area contributed by atoms with Crippen LogP contribution in [0.3, 0.4) is 0 Å². The second kappa shape index (κ2) is 6.88. The molecule has 0 aromatic heterocycles. The van der Waals surface area contributed by atoms with E-state index in [9.17, 15) is 9.90 Å². The molecule has 0 heterocycles. The zero-order valence-corrected chi connectivity index (χ0v) is 11.8. The number of methoxy groups -OCH3 is 1. The summed E-state index contributed by atoms with van der Waals surface area (Å²) in [6.07, 6.45) is 0. The number of carboxylic acid groups (broad SMARTS) is 1. The highest BCUT2D eigenvalue weighted by molar-refractivity contribution is 5.75. The van der Waals surface area contributed by atoms with E-state index in [0.29, 0.717) is 17.9 Å². The molecule has 2 aromatic carbocycles. The first-order valence-corrected chi connectivity index (χ1v) is 6.54. The van der Waals surface area contributed by atoms with E-state index in [1.54, 1.807) is 31.4 Å². The lowest BCUT2D eigenvalue weighted by Gasteiger charge is -2.24. The summed E-state index contributed by atoms with van der Waals surface area (Å²) in [6.45, 7) is 0.351. The van der Waals surface area contributed by atoms with Crippen LogP contribution in [0.4, 0.5) is 0 Å². The van der Waals surface area contributed by atoms with Gasteiger partial charge in [0, 0.05) is 6.54 Å². The summed E-state index contributed by atoms with van der Waals surface area (Å²) >= 11 is 0. The quantitative estimate of drug-likeness (QED) is 0.629. The number of nitrogens with two attached hydrogens (primary N) is 1. The van der Waals surface area contributed by atoms with Crippen LogP contribution in [-0.2, 0) is 11.3 Å². The second-order valence-corrected chi connectivity index (χ2v) is 4.67. The molecule has 0 amide bonds. The van der Waals surface area contributed by atoms with Crippen molar-refractivity contribution in [3.05, 3.63) is 65.7 Å². The van der Waals surface area contributed by atoms with Gasteiger partial charge in [0.05, 0.1) is 7.11 Å². The minimum atomic E-state index is -0.987. The molecule has 2 aromatic rings. The van der Waals surface area contributed by atoms with E-state index in [4.69, 9.17) is 10.6 Å². The summed E-state index contributed by atoms with van der Waals surface area (Å²) < 4.78 is 5.07. The highest BCUT2D eigenvalue weighted by Gasteiger charge is 2.25. The molecule has 3 N–H and O–H groups in total. The van der Waals surface area contributed by atoms with E-state index in [0.717, 1.165) is 5.56 Å². The van der Waals surface area contributed by atoms with Gasteiger partial charge in [0.1, 0.15) is 11.8 Å². The average molecular weight is 286 g/mol. The van der Waals surface area contributed by atoms with E-state index in [-0.39, 0.29) is 0 Å². The van der Waals surface area contributed by atoms with Crippen molar-refractivity contribution in [2.75, 3.05) is 7.11 Å². The van der Waals surface area contributed by atoms with E-state index < -0.39 is 12.0 Å². The normalized spacial score (nSPS) is 12.1. The minimum Gasteiger partial charge on any atom is -0.497 e. The van der Waals surface area contributed by atoms with E-state index >= 15 is 0 Å². The summed E-state index contributed by atoms with van der Waals surface area (Å²) in [7, 11) is 1.56. The first-order valence-electron chi connectivity index (χ1n) is 6.54. The van der Waals surface area contributed by atoms with Gasteiger partial charge in [-0.25, -0.2) is 5.01 Å². The van der Waals surface area contributed by atoms with Gasteiger partial charge in [-0.05, 0) is 23.3 Å². The van der Waals surface area contributed by atoms with Crippen LogP contribution in [0.25, 0.3) is 0 Å². The topological polar surface area (TPSA) is 75.8 Å². The van der Waals surface area contributed by atoms with Crippen LogP contribution in [0.2, 0.25) is 0 Å². The lowest BCUT2D eigenvalue weighted by molar-refractivity contribution is -0.144. The fraction of sp³-hybridized carbons (Fsp3) is 0.188. The number of carboxylic acids is 1. The highest BCUT2D eigenvalue weighted by atomic mass is 16.5. The van der Waals surface area contributed by atoms with Crippen molar-refractivity contribution >= 4 is 5.97 Å². The fourth-order valence-electron chi connectivity index (χ4n) is 2.15. The molecule has 5 heteroatoms. The van der Waals surface area contributed by atoms with Crippen LogP contribution < -0.4 is 10.6 Å². The van der Waals surface area contributed by atoms with Crippen LogP contribution in [0.1, 0.15) is 17.2 Å². The van der Waals surface area contributed by atoms with Crippen molar-refractivity contribution in [1.29, 1.82) is 0 Å². The van der Waals surface area contributed by atoms with Gasteiger partial charge in [-0.1, -0.05) is 42.5 Å². The number of ether oxygens (including phenoxy) is 1. The summed E-state index contributed by atoms with van der Waals surface area (Å²) in [5.41, 5.74) is 1.57. The van der Waals surface area contributed by atoms with Gasteiger partial charge in [0.2, 0.25) is 0 Å². The van der Waals surface area contributed by atoms with Crippen molar-refractivity contribution in [2.45, 2.75) is 12.6 Å². The molecule has 5 nitrogen and oxygen atoms in total. The first kappa shape index (κ1) is 15.0. The summed E-state index contributed by atoms with van der Waals surface area (Å²) in [5, 5.41) is 10.8. The number of hydrogen-bond donors (Lipinski definition) is 2. The molecule has 1 unspecified atom stereocenters. The maximum Gasteiger partial charge on any atom is 0.326 e. The van der Waals surface area contributed by atoms with E-state index in [1.807, 2.05) is 30.3 Å². The molecular formula is C16H18N2O3. The number of aliphatic carboxylic acids is 1. The predicted molar refractivity (Wildman–Crippen MR) is 79.5 cm³/mol. The van der Waals surface area contributed by atoms with Crippen molar-refractivity contribution in [3.63, 3.8) is 0 Å². The molecule has 0 aliphatic carbocycles. The number of rotatable bonds is 6. The Morgan fingerprint density at radius 1 is 1.19 bits per heavy atom. The summed E-state index contributed by atoms with van der Waals surface area (Å²) in [6, 6.07) is 15.5. The number of nitrogens with zero attached hydrogens (tertiary/aromatic N) is 1. The molecular weight excluding hydrogens is 268 g/mol. The largest absolute Gasteiger partial charge is 0.497 e. The van der Waals surface area contributed by atoms with Gasteiger partial charge in [-0.15, -0.1) is 0 Å². The van der Waals surface area contributed by atoms with Crippen molar-refractivity contribution in [2.24, 2.45) is 5.84 Å². The number of hydrazine groups is 1. The highest BCUT2D eigenvalue weighted by Crippen LogP contribution is 2.22. The molecule has 0 saturated carbocycles. The Morgan fingerprint density at radius 3 is 2.33 bits per heavy atom. The van der Waals surface area contributed by atoms with Crippen molar-refractivity contribution in [1.82, 2.24) is 5.01 Å². The maximum atomic E-state index is 11.5. The molecule has 0 fully saturated rings. The molecule has 21 heavy (non-hydrogen) atoms. The number of hydrogen-bond acceptors (Lipinski definition) is 4. The Labute approximate surface area is 123 Å². The minimum absolute atomic E-state index is 0.351. The molecule has 0 aliphatic rings. The summed E-state index contributed by atoms with van der Waals surface area (Å²) in [5.74, 6) is 5.66. The Hall–Kier alpha value is -2.37. The zero-order chi connectivity index (χ0) is 15.2. The molecule has 110 valence electrons.